The average molecular weight is 769 g/mol. The number of allylic oxidation sites excluding steroid dienone is 5. The van der Waals surface area contributed by atoms with Crippen LogP contribution in [0.5, 0.6) is 5.75 Å². The van der Waals surface area contributed by atoms with Gasteiger partial charge in [0.15, 0.2) is 6.61 Å². The first kappa shape index (κ1) is 38.6. The van der Waals surface area contributed by atoms with E-state index in [1.54, 1.807) is 25.8 Å². The molecule has 7 rings (SSSR count). The zero-order chi connectivity index (χ0) is 39.7. The molecule has 56 heavy (non-hydrogen) atoms. The molecule has 2 aromatic heterocycles. The lowest BCUT2D eigenvalue weighted by Crippen LogP contribution is -2.63. The first-order chi connectivity index (χ1) is 26.9. The van der Waals surface area contributed by atoms with E-state index in [9.17, 15) is 23.2 Å². The number of carbonyl (C=O) groups excluding carboxylic acids is 1. The van der Waals surface area contributed by atoms with Gasteiger partial charge in [-0.05, 0) is 68.2 Å². The lowest BCUT2D eigenvalue weighted by Gasteiger charge is -2.54. The first-order valence-electron chi connectivity index (χ1n) is 18.9. The number of nitrogens with one attached hydrogen (secondary N) is 1. The molecule has 5 heterocycles. The molecule has 12 nitrogen and oxygen atoms in total. The number of fused-ring (bicyclic) bond motifs is 1. The molecule has 0 radical (unpaired) electrons. The van der Waals surface area contributed by atoms with E-state index in [2.05, 4.69) is 45.7 Å². The van der Waals surface area contributed by atoms with Crippen LogP contribution in [-0.4, -0.2) is 95.6 Å². The number of aromatic nitrogens is 4. The molecule has 1 amide bonds. The summed E-state index contributed by atoms with van der Waals surface area (Å²) in [6.07, 6.45) is 13.3. The highest BCUT2D eigenvalue weighted by Gasteiger charge is 2.48. The van der Waals surface area contributed by atoms with Crippen molar-refractivity contribution in [2.75, 3.05) is 62.7 Å². The number of imidazole rings is 1. The number of hydrazone groups is 1. The Kier molecular flexibility index (Phi) is 10.7. The fraction of sp³-hybridized carbons (Fsp3) is 0.463. The van der Waals surface area contributed by atoms with Crippen LogP contribution in [0.3, 0.4) is 0 Å². The van der Waals surface area contributed by atoms with Gasteiger partial charge >= 0.3 is 6.18 Å². The van der Waals surface area contributed by atoms with Gasteiger partial charge in [0, 0.05) is 75.1 Å². The Morgan fingerprint density at radius 1 is 1.18 bits per heavy atom. The fourth-order valence-corrected chi connectivity index (χ4v) is 8.18. The van der Waals surface area contributed by atoms with Crippen LogP contribution in [-0.2, 0) is 16.8 Å². The summed E-state index contributed by atoms with van der Waals surface area (Å²) in [6.45, 7) is 11.6. The lowest BCUT2D eigenvalue weighted by molar-refractivity contribution is -0.153. The summed E-state index contributed by atoms with van der Waals surface area (Å²) in [5.41, 5.74) is 5.74. The highest BCUT2D eigenvalue weighted by molar-refractivity contribution is 5.97. The summed E-state index contributed by atoms with van der Waals surface area (Å²) in [5, 5.41) is 14.4. The summed E-state index contributed by atoms with van der Waals surface area (Å²) < 4.78 is 49.8. The largest absolute Gasteiger partial charge is 0.482 e. The van der Waals surface area contributed by atoms with Gasteiger partial charge in [-0.15, -0.1) is 0 Å². The standard InChI is InChI=1S/C41H47F3N10O2/c1-5-34(55)52-22-39(23-52)12-16-51(17-13-39)37-33-20-31(30-9-10-30)32(19-28(2)7-6-8-29(3)21-48-46-4)36(56-26-41(42,43)44)35(33)49-38(50-37)53-24-40(25-53,11-14-45)54-18-15-47-27-54/h5-8,15,18,20-21,27,30,46H,1,3,9-13,16-17,19,22-26H2,2,4H3/b8-6-,28-7-,48-21-. The molecular formula is C41H47F3N10O2. The SMILES string of the molecule is C=CC(=O)N1CC2(CCN(c3nc(N4CC(CC#N)(n5ccnc5)C4)nc4c(OCC(F)(F)F)c(C/C(C)=C\C=C/C(=C)/C=N\NC)c(C5CC5)cc34)CC2)C1. The van der Waals surface area contributed by atoms with Gasteiger partial charge in [-0.3, -0.25) is 4.79 Å². The van der Waals surface area contributed by atoms with Crippen LogP contribution in [0, 0.1) is 16.7 Å². The number of hydrogen-bond donors (Lipinski definition) is 1. The Morgan fingerprint density at radius 3 is 2.55 bits per heavy atom. The fourth-order valence-electron chi connectivity index (χ4n) is 8.18. The molecule has 1 spiro atoms. The number of nitriles is 1. The zero-order valence-corrected chi connectivity index (χ0v) is 31.9. The van der Waals surface area contributed by atoms with Gasteiger partial charge < -0.3 is 29.4 Å². The van der Waals surface area contributed by atoms with E-state index < -0.39 is 18.3 Å². The number of amides is 1. The van der Waals surface area contributed by atoms with Crippen LogP contribution in [0.15, 0.2) is 78.5 Å². The highest BCUT2D eigenvalue weighted by Crippen LogP contribution is 2.50. The molecule has 4 fully saturated rings. The van der Waals surface area contributed by atoms with Crippen molar-refractivity contribution in [3.8, 4) is 11.8 Å². The van der Waals surface area contributed by atoms with Crippen molar-refractivity contribution in [2.45, 2.75) is 63.1 Å². The molecule has 3 saturated heterocycles. The monoisotopic (exact) mass is 768 g/mol. The minimum Gasteiger partial charge on any atom is -0.482 e. The van der Waals surface area contributed by atoms with E-state index in [4.69, 9.17) is 14.7 Å². The maximum atomic E-state index is 14.0. The highest BCUT2D eigenvalue weighted by atomic mass is 19.4. The average Bonchev–Trinajstić information content (AvgIpc) is 3.84. The van der Waals surface area contributed by atoms with Crippen LogP contribution in [0.25, 0.3) is 10.9 Å². The number of halogens is 3. The van der Waals surface area contributed by atoms with Gasteiger partial charge in [0.05, 0.1) is 30.6 Å². The van der Waals surface area contributed by atoms with Crippen molar-refractivity contribution in [3.63, 3.8) is 0 Å². The van der Waals surface area contributed by atoms with E-state index in [1.165, 1.54) is 6.08 Å². The van der Waals surface area contributed by atoms with Gasteiger partial charge in [-0.1, -0.05) is 37.0 Å². The van der Waals surface area contributed by atoms with E-state index in [0.717, 1.165) is 36.8 Å². The molecule has 15 heteroatoms. The molecule has 0 unspecified atom stereocenters. The van der Waals surface area contributed by atoms with Crippen molar-refractivity contribution >= 4 is 34.8 Å². The molecule has 0 bridgehead atoms. The number of benzene rings is 1. The second-order valence-electron chi connectivity index (χ2n) is 15.6. The topological polar surface area (TPSA) is 128 Å². The minimum atomic E-state index is -4.58. The minimum absolute atomic E-state index is 0.0116. The lowest BCUT2D eigenvalue weighted by atomic mass is 9.72. The van der Waals surface area contributed by atoms with Crippen LogP contribution >= 0.6 is 0 Å². The predicted molar refractivity (Wildman–Crippen MR) is 210 cm³/mol. The number of hydrogen-bond acceptors (Lipinski definition) is 10. The third kappa shape index (κ3) is 8.01. The van der Waals surface area contributed by atoms with Gasteiger partial charge in [0.2, 0.25) is 11.9 Å². The van der Waals surface area contributed by atoms with Gasteiger partial charge in [0.1, 0.15) is 17.1 Å². The summed E-state index contributed by atoms with van der Waals surface area (Å²) in [4.78, 5) is 32.6. The number of rotatable bonds is 14. The second-order valence-corrected chi connectivity index (χ2v) is 15.6. The number of anilines is 2. The van der Waals surface area contributed by atoms with Crippen molar-refractivity contribution in [2.24, 2.45) is 10.5 Å². The Morgan fingerprint density at radius 2 is 1.93 bits per heavy atom. The van der Waals surface area contributed by atoms with Crippen LogP contribution in [0.2, 0.25) is 0 Å². The van der Waals surface area contributed by atoms with Gasteiger partial charge in [-0.25, -0.2) is 9.97 Å². The molecule has 1 N–H and O–H groups in total. The van der Waals surface area contributed by atoms with E-state index in [-0.39, 0.29) is 29.4 Å². The summed E-state index contributed by atoms with van der Waals surface area (Å²) in [7, 11) is 1.69. The molecule has 294 valence electrons. The Balaban J connectivity index is 1.31. The van der Waals surface area contributed by atoms with Crippen molar-refractivity contribution < 1.29 is 22.7 Å². The normalized spacial score (nSPS) is 19.3. The number of nitrogens with zero attached hydrogens (tertiary/aromatic N) is 9. The molecule has 1 aliphatic carbocycles. The third-order valence-corrected chi connectivity index (χ3v) is 11.3. The zero-order valence-electron chi connectivity index (χ0n) is 31.9. The van der Waals surface area contributed by atoms with E-state index in [0.29, 0.717) is 79.5 Å². The summed E-state index contributed by atoms with van der Waals surface area (Å²) in [5.74, 6) is 1.26. The smallest absolute Gasteiger partial charge is 0.422 e. The van der Waals surface area contributed by atoms with Crippen LogP contribution in [0.4, 0.5) is 24.9 Å². The Labute approximate surface area is 324 Å². The summed E-state index contributed by atoms with van der Waals surface area (Å²) in [6, 6.07) is 4.39. The summed E-state index contributed by atoms with van der Waals surface area (Å²) >= 11 is 0. The van der Waals surface area contributed by atoms with Crippen molar-refractivity contribution in [1.29, 1.82) is 5.26 Å². The predicted octanol–water partition coefficient (Wildman–Crippen LogP) is 6.20. The third-order valence-electron chi connectivity index (χ3n) is 11.3. The Hall–Kier alpha value is -5.65. The molecule has 1 saturated carbocycles. The Bertz CT molecular complexity index is 2110. The van der Waals surface area contributed by atoms with E-state index >= 15 is 0 Å². The second kappa shape index (κ2) is 15.5. The molecule has 0 atom stereocenters. The maximum absolute atomic E-state index is 14.0. The van der Waals surface area contributed by atoms with E-state index in [1.807, 2.05) is 45.7 Å². The van der Waals surface area contributed by atoms with Crippen molar-refractivity contribution in [1.82, 2.24) is 29.8 Å². The van der Waals surface area contributed by atoms with Gasteiger partial charge in [-0.2, -0.15) is 28.5 Å². The van der Waals surface area contributed by atoms with Gasteiger partial charge in [0.25, 0.3) is 0 Å². The molecule has 1 aromatic carbocycles. The molecular weight excluding hydrogens is 722 g/mol. The maximum Gasteiger partial charge on any atom is 0.422 e. The van der Waals surface area contributed by atoms with Crippen LogP contribution < -0.4 is 20.0 Å². The first-order valence-corrected chi connectivity index (χ1v) is 18.9. The number of carbonyl (C=O) groups is 1. The number of likely N-dealkylation sites (tertiary alicyclic amines) is 1. The molecule has 4 aliphatic rings. The quantitative estimate of drug-likeness (QED) is 0.0884. The van der Waals surface area contributed by atoms with Crippen molar-refractivity contribution in [3.05, 3.63) is 84.5 Å². The number of piperidine rings is 1. The molecule has 3 aliphatic heterocycles. The molecule has 3 aromatic rings. The number of ether oxygens (including phenoxy) is 1. The van der Waals surface area contributed by atoms with Crippen LogP contribution in [0.1, 0.15) is 56.1 Å². The number of alkyl halides is 3.